The average molecular weight is 258 g/mol. The molecular weight excluding hydrogens is 244 g/mol. The van der Waals surface area contributed by atoms with Crippen molar-refractivity contribution < 1.29 is 14.4 Å². The molecule has 1 aromatic carbocycles. The van der Waals surface area contributed by atoms with Crippen molar-refractivity contribution in [3.05, 3.63) is 36.4 Å². The lowest BCUT2D eigenvalue weighted by atomic mass is 10.2. The van der Waals surface area contributed by atoms with Gasteiger partial charge in [0.05, 0.1) is 5.69 Å². The molecule has 0 bridgehead atoms. The van der Waals surface area contributed by atoms with Gasteiger partial charge in [-0.15, -0.1) is 0 Å². The van der Waals surface area contributed by atoms with Gasteiger partial charge in [0.1, 0.15) is 0 Å². The third-order valence-electron chi connectivity index (χ3n) is 2.70. The Morgan fingerprint density at radius 1 is 1.11 bits per heavy atom. The van der Waals surface area contributed by atoms with E-state index in [-0.39, 0.29) is 17.7 Å². The first kappa shape index (κ1) is 13.0. The molecule has 0 aromatic heterocycles. The molecule has 1 heterocycles. The van der Waals surface area contributed by atoms with E-state index in [1.54, 1.807) is 24.3 Å². The number of nitrogens with zero attached hydrogens (tertiary/aromatic N) is 1. The zero-order valence-corrected chi connectivity index (χ0v) is 10.6. The van der Waals surface area contributed by atoms with Crippen LogP contribution in [-0.2, 0) is 14.4 Å². The largest absolute Gasteiger partial charge is 0.326 e. The summed E-state index contributed by atoms with van der Waals surface area (Å²) in [6.45, 7) is 1.93. The van der Waals surface area contributed by atoms with Crippen LogP contribution >= 0.6 is 0 Å². The fraction of sp³-hybridized carbons (Fsp3) is 0.214. The first-order chi connectivity index (χ1) is 9.11. The summed E-state index contributed by atoms with van der Waals surface area (Å²) in [4.78, 5) is 35.5. The highest BCUT2D eigenvalue weighted by molar-refractivity contribution is 6.28. The van der Waals surface area contributed by atoms with E-state index in [4.69, 9.17) is 0 Å². The van der Waals surface area contributed by atoms with E-state index in [1.807, 2.05) is 6.92 Å². The van der Waals surface area contributed by atoms with E-state index in [0.29, 0.717) is 17.8 Å². The summed E-state index contributed by atoms with van der Waals surface area (Å²) in [6.07, 6.45) is 3.72. The summed E-state index contributed by atoms with van der Waals surface area (Å²) < 4.78 is 0. The molecule has 1 aliphatic heterocycles. The maximum absolute atomic E-state index is 11.5. The highest BCUT2D eigenvalue weighted by atomic mass is 16.2. The van der Waals surface area contributed by atoms with Gasteiger partial charge in [0, 0.05) is 24.3 Å². The van der Waals surface area contributed by atoms with Crippen LogP contribution in [0.15, 0.2) is 36.4 Å². The summed E-state index contributed by atoms with van der Waals surface area (Å²) in [7, 11) is 0. The van der Waals surface area contributed by atoms with Crippen molar-refractivity contribution in [3.63, 3.8) is 0 Å². The normalized spacial score (nSPS) is 14.1. The Kier molecular flexibility index (Phi) is 3.75. The zero-order chi connectivity index (χ0) is 13.8. The maximum Gasteiger partial charge on any atom is 0.258 e. The summed E-state index contributed by atoms with van der Waals surface area (Å²) in [5, 5.41) is 2.74. The molecule has 0 unspecified atom stereocenters. The van der Waals surface area contributed by atoms with Gasteiger partial charge >= 0.3 is 0 Å². The standard InChI is InChI=1S/C14H14N2O3/c1-2-3-12(17)15-10-4-6-11(7-5-10)16-13(18)8-9-14(16)19/h4-9H,2-3H2,1H3,(H,15,17). The number of carbonyl (C=O) groups is 3. The van der Waals surface area contributed by atoms with E-state index < -0.39 is 0 Å². The van der Waals surface area contributed by atoms with Crippen LogP contribution in [0.5, 0.6) is 0 Å². The number of amides is 3. The minimum atomic E-state index is -0.354. The predicted octanol–water partition coefficient (Wildman–Crippen LogP) is 1.85. The van der Waals surface area contributed by atoms with Crippen LogP contribution in [0.3, 0.4) is 0 Å². The zero-order valence-electron chi connectivity index (χ0n) is 10.6. The second-order valence-corrected chi connectivity index (χ2v) is 4.19. The number of imide groups is 1. The molecule has 0 fully saturated rings. The molecule has 5 nitrogen and oxygen atoms in total. The summed E-state index contributed by atoms with van der Waals surface area (Å²) in [6, 6.07) is 6.60. The van der Waals surface area contributed by atoms with Gasteiger partial charge in [-0.05, 0) is 30.7 Å². The number of anilines is 2. The Bertz CT molecular complexity index is 528. The van der Waals surface area contributed by atoms with Crippen LogP contribution in [0, 0.1) is 0 Å². The average Bonchev–Trinajstić information content (AvgIpc) is 2.71. The fourth-order valence-electron chi connectivity index (χ4n) is 1.80. The molecule has 1 aromatic rings. The van der Waals surface area contributed by atoms with Gasteiger partial charge in [-0.1, -0.05) is 6.92 Å². The van der Waals surface area contributed by atoms with Gasteiger partial charge in [-0.3, -0.25) is 14.4 Å². The molecule has 1 aliphatic rings. The monoisotopic (exact) mass is 258 g/mol. The summed E-state index contributed by atoms with van der Waals surface area (Å²) >= 11 is 0. The lowest BCUT2D eigenvalue weighted by molar-refractivity contribution is -0.120. The van der Waals surface area contributed by atoms with Crippen molar-refractivity contribution in [1.82, 2.24) is 0 Å². The first-order valence-electron chi connectivity index (χ1n) is 6.08. The number of benzene rings is 1. The molecule has 3 amide bonds. The number of rotatable bonds is 4. The van der Waals surface area contributed by atoms with Crippen LogP contribution in [0.1, 0.15) is 19.8 Å². The summed E-state index contributed by atoms with van der Waals surface area (Å²) in [5.41, 5.74) is 1.14. The lowest BCUT2D eigenvalue weighted by Gasteiger charge is -2.14. The second-order valence-electron chi connectivity index (χ2n) is 4.19. The van der Waals surface area contributed by atoms with Gasteiger partial charge < -0.3 is 5.32 Å². The van der Waals surface area contributed by atoms with Crippen molar-refractivity contribution in [2.45, 2.75) is 19.8 Å². The third-order valence-corrected chi connectivity index (χ3v) is 2.70. The molecule has 19 heavy (non-hydrogen) atoms. The molecule has 0 saturated carbocycles. The third kappa shape index (κ3) is 2.88. The Hall–Kier alpha value is -2.43. The molecule has 98 valence electrons. The molecule has 0 saturated heterocycles. The maximum atomic E-state index is 11.5. The van der Waals surface area contributed by atoms with E-state index >= 15 is 0 Å². The first-order valence-corrected chi connectivity index (χ1v) is 6.08. The predicted molar refractivity (Wildman–Crippen MR) is 71.6 cm³/mol. The van der Waals surface area contributed by atoms with Gasteiger partial charge in [-0.2, -0.15) is 0 Å². The Morgan fingerprint density at radius 3 is 2.21 bits per heavy atom. The van der Waals surface area contributed by atoms with E-state index in [2.05, 4.69) is 5.32 Å². The Balaban J connectivity index is 2.09. The quantitative estimate of drug-likeness (QED) is 0.838. The van der Waals surface area contributed by atoms with Crippen LogP contribution in [0.4, 0.5) is 11.4 Å². The molecule has 0 spiro atoms. The van der Waals surface area contributed by atoms with E-state index in [9.17, 15) is 14.4 Å². The lowest BCUT2D eigenvalue weighted by Crippen LogP contribution is -2.29. The molecule has 0 aliphatic carbocycles. The summed E-state index contributed by atoms with van der Waals surface area (Å²) in [5.74, 6) is -0.759. The van der Waals surface area contributed by atoms with Crippen molar-refractivity contribution in [2.24, 2.45) is 0 Å². The number of hydrogen-bond donors (Lipinski definition) is 1. The van der Waals surface area contributed by atoms with Gasteiger partial charge in [0.2, 0.25) is 5.91 Å². The van der Waals surface area contributed by atoms with Gasteiger partial charge in [-0.25, -0.2) is 4.90 Å². The highest BCUT2D eigenvalue weighted by Gasteiger charge is 2.24. The van der Waals surface area contributed by atoms with Crippen LogP contribution in [0.2, 0.25) is 0 Å². The smallest absolute Gasteiger partial charge is 0.258 e. The minimum Gasteiger partial charge on any atom is -0.326 e. The number of nitrogens with one attached hydrogen (secondary N) is 1. The second kappa shape index (κ2) is 5.48. The molecular formula is C14H14N2O3. The molecule has 1 N–H and O–H groups in total. The van der Waals surface area contributed by atoms with Crippen molar-refractivity contribution in [2.75, 3.05) is 10.2 Å². The Morgan fingerprint density at radius 2 is 1.68 bits per heavy atom. The van der Waals surface area contributed by atoms with E-state index in [1.165, 1.54) is 12.2 Å². The van der Waals surface area contributed by atoms with Crippen LogP contribution in [0.25, 0.3) is 0 Å². The topological polar surface area (TPSA) is 66.5 Å². The number of hydrogen-bond acceptors (Lipinski definition) is 3. The van der Waals surface area contributed by atoms with Gasteiger partial charge in [0.25, 0.3) is 11.8 Å². The molecule has 0 radical (unpaired) electrons. The highest BCUT2D eigenvalue weighted by Crippen LogP contribution is 2.21. The number of carbonyl (C=O) groups excluding carboxylic acids is 3. The molecule has 5 heteroatoms. The van der Waals surface area contributed by atoms with Crippen LogP contribution in [-0.4, -0.2) is 17.7 Å². The van der Waals surface area contributed by atoms with Crippen molar-refractivity contribution >= 4 is 29.1 Å². The molecule has 0 atom stereocenters. The SMILES string of the molecule is CCCC(=O)Nc1ccc(N2C(=O)C=CC2=O)cc1. The van der Waals surface area contributed by atoms with Crippen molar-refractivity contribution in [1.29, 1.82) is 0 Å². The van der Waals surface area contributed by atoms with Crippen molar-refractivity contribution in [3.8, 4) is 0 Å². The van der Waals surface area contributed by atoms with Gasteiger partial charge in [0.15, 0.2) is 0 Å². The van der Waals surface area contributed by atoms with Crippen LogP contribution < -0.4 is 10.2 Å². The Labute approximate surface area is 110 Å². The minimum absolute atomic E-state index is 0.0507. The fourth-order valence-corrected chi connectivity index (χ4v) is 1.80. The van der Waals surface area contributed by atoms with E-state index in [0.717, 1.165) is 11.3 Å². The molecule has 2 rings (SSSR count).